The fraction of sp³-hybridized carbons (Fsp3) is 1.00. The van der Waals surface area contributed by atoms with Gasteiger partial charge in [0.05, 0.1) is 25.4 Å². The van der Waals surface area contributed by atoms with Crippen LogP contribution in [0.4, 0.5) is 0 Å². The molecule has 0 spiro atoms. The highest BCUT2D eigenvalue weighted by atomic mass is 16.5. The highest BCUT2D eigenvalue weighted by Gasteiger charge is 2.34. The fourth-order valence-corrected chi connectivity index (χ4v) is 1.78. The second-order valence-corrected chi connectivity index (χ2v) is 3.03. The van der Waals surface area contributed by atoms with Crippen molar-refractivity contribution in [3.8, 4) is 0 Å². The number of morpholine rings is 1. The van der Waals surface area contributed by atoms with Gasteiger partial charge < -0.3 is 9.84 Å². The van der Waals surface area contributed by atoms with Crippen molar-refractivity contribution in [1.29, 1.82) is 0 Å². The van der Waals surface area contributed by atoms with Gasteiger partial charge >= 0.3 is 0 Å². The van der Waals surface area contributed by atoms with Crippen LogP contribution < -0.4 is 0 Å². The molecule has 2 saturated heterocycles. The third-order valence-corrected chi connectivity index (χ3v) is 2.44. The standard InChI is InChI=1S/C7H13NO2/c9-7-1-2-8-3-4-10-5-6(7)8/h6-7,9H,1-5H2. The maximum absolute atomic E-state index is 9.40. The van der Waals surface area contributed by atoms with Gasteiger partial charge in [-0.1, -0.05) is 0 Å². The van der Waals surface area contributed by atoms with E-state index in [2.05, 4.69) is 4.90 Å². The predicted octanol–water partition coefficient (Wildman–Crippen LogP) is -0.548. The van der Waals surface area contributed by atoms with E-state index >= 15 is 0 Å². The molecule has 2 aliphatic rings. The van der Waals surface area contributed by atoms with E-state index in [1.54, 1.807) is 0 Å². The molecule has 0 aromatic heterocycles. The van der Waals surface area contributed by atoms with Crippen molar-refractivity contribution >= 4 is 0 Å². The largest absolute Gasteiger partial charge is 0.391 e. The maximum Gasteiger partial charge on any atom is 0.0730 e. The molecule has 1 N–H and O–H groups in total. The average Bonchev–Trinajstić information content (AvgIpc) is 2.34. The number of hydrogen-bond acceptors (Lipinski definition) is 3. The van der Waals surface area contributed by atoms with E-state index in [0.717, 1.165) is 32.7 Å². The quantitative estimate of drug-likeness (QED) is 0.494. The van der Waals surface area contributed by atoms with Crippen molar-refractivity contribution < 1.29 is 9.84 Å². The Labute approximate surface area is 60.6 Å². The molecule has 0 aromatic carbocycles. The number of aliphatic hydroxyl groups excluding tert-OH is 1. The summed E-state index contributed by atoms with van der Waals surface area (Å²) >= 11 is 0. The van der Waals surface area contributed by atoms with Gasteiger partial charge in [-0.05, 0) is 6.42 Å². The van der Waals surface area contributed by atoms with Crippen LogP contribution in [0.25, 0.3) is 0 Å². The highest BCUT2D eigenvalue weighted by molar-refractivity contribution is 4.88. The van der Waals surface area contributed by atoms with E-state index in [0.29, 0.717) is 6.04 Å². The first-order chi connectivity index (χ1) is 4.88. The number of aliphatic hydroxyl groups is 1. The molecule has 2 heterocycles. The maximum atomic E-state index is 9.40. The molecular weight excluding hydrogens is 130 g/mol. The number of ether oxygens (including phenoxy) is 1. The summed E-state index contributed by atoms with van der Waals surface area (Å²) in [6.45, 7) is 3.61. The Morgan fingerprint density at radius 1 is 1.40 bits per heavy atom. The molecule has 0 bridgehead atoms. The van der Waals surface area contributed by atoms with Crippen LogP contribution in [0.15, 0.2) is 0 Å². The van der Waals surface area contributed by atoms with Gasteiger partial charge in [0.1, 0.15) is 0 Å². The minimum atomic E-state index is -0.139. The lowest BCUT2D eigenvalue weighted by atomic mass is 10.2. The molecule has 2 atom stereocenters. The topological polar surface area (TPSA) is 32.7 Å². The molecule has 3 heteroatoms. The number of hydrogen-bond donors (Lipinski definition) is 1. The van der Waals surface area contributed by atoms with Crippen LogP contribution in [0, 0.1) is 0 Å². The molecule has 2 unspecified atom stereocenters. The van der Waals surface area contributed by atoms with Crippen molar-refractivity contribution in [2.75, 3.05) is 26.3 Å². The molecule has 0 aromatic rings. The lowest BCUT2D eigenvalue weighted by Gasteiger charge is -2.30. The van der Waals surface area contributed by atoms with Crippen molar-refractivity contribution in [2.24, 2.45) is 0 Å². The Morgan fingerprint density at radius 3 is 3.10 bits per heavy atom. The number of nitrogens with zero attached hydrogens (tertiary/aromatic N) is 1. The minimum Gasteiger partial charge on any atom is -0.391 e. The summed E-state index contributed by atoms with van der Waals surface area (Å²) in [6, 6.07) is 0.300. The summed E-state index contributed by atoms with van der Waals surface area (Å²) in [5, 5.41) is 9.40. The van der Waals surface area contributed by atoms with Gasteiger partial charge in [-0.2, -0.15) is 0 Å². The molecule has 0 saturated carbocycles. The third-order valence-electron chi connectivity index (χ3n) is 2.44. The zero-order valence-corrected chi connectivity index (χ0v) is 5.99. The van der Waals surface area contributed by atoms with Crippen LogP contribution in [-0.2, 0) is 4.74 Å². The van der Waals surface area contributed by atoms with Gasteiger partial charge in [0.25, 0.3) is 0 Å². The van der Waals surface area contributed by atoms with E-state index in [1.165, 1.54) is 0 Å². The number of fused-ring (bicyclic) bond motifs is 1. The molecule has 3 nitrogen and oxygen atoms in total. The van der Waals surface area contributed by atoms with E-state index < -0.39 is 0 Å². The SMILES string of the molecule is OC1CCN2CCOCC12. The summed E-state index contributed by atoms with van der Waals surface area (Å²) in [7, 11) is 0. The highest BCUT2D eigenvalue weighted by Crippen LogP contribution is 2.20. The van der Waals surface area contributed by atoms with Gasteiger partial charge in [0.15, 0.2) is 0 Å². The van der Waals surface area contributed by atoms with E-state index in [-0.39, 0.29) is 6.10 Å². The minimum absolute atomic E-state index is 0.139. The summed E-state index contributed by atoms with van der Waals surface area (Å²) in [6.07, 6.45) is 0.786. The second kappa shape index (κ2) is 2.49. The van der Waals surface area contributed by atoms with Gasteiger partial charge in [-0.15, -0.1) is 0 Å². The zero-order valence-electron chi connectivity index (χ0n) is 5.99. The lowest BCUT2D eigenvalue weighted by Crippen LogP contribution is -2.45. The Morgan fingerprint density at radius 2 is 2.30 bits per heavy atom. The van der Waals surface area contributed by atoms with Crippen LogP contribution in [0.1, 0.15) is 6.42 Å². The lowest BCUT2D eigenvalue weighted by molar-refractivity contribution is -0.0203. The predicted molar refractivity (Wildman–Crippen MR) is 36.8 cm³/mol. The molecule has 0 radical (unpaired) electrons. The molecule has 2 fully saturated rings. The normalized spacial score (nSPS) is 41.7. The first-order valence-electron chi connectivity index (χ1n) is 3.88. The van der Waals surface area contributed by atoms with Crippen LogP contribution in [0.2, 0.25) is 0 Å². The Balaban J connectivity index is 2.01. The van der Waals surface area contributed by atoms with E-state index in [4.69, 9.17) is 4.74 Å². The van der Waals surface area contributed by atoms with E-state index in [9.17, 15) is 5.11 Å². The smallest absolute Gasteiger partial charge is 0.0730 e. The fourth-order valence-electron chi connectivity index (χ4n) is 1.78. The molecule has 58 valence electrons. The van der Waals surface area contributed by atoms with Crippen LogP contribution in [0.3, 0.4) is 0 Å². The second-order valence-electron chi connectivity index (χ2n) is 3.03. The Hall–Kier alpha value is -0.120. The first-order valence-corrected chi connectivity index (χ1v) is 3.88. The van der Waals surface area contributed by atoms with Gasteiger partial charge in [-0.25, -0.2) is 0 Å². The van der Waals surface area contributed by atoms with Crippen LogP contribution in [-0.4, -0.2) is 48.5 Å². The van der Waals surface area contributed by atoms with Crippen molar-refractivity contribution in [3.05, 3.63) is 0 Å². The Kier molecular flexibility index (Phi) is 1.64. The monoisotopic (exact) mass is 143 g/mol. The number of rotatable bonds is 0. The van der Waals surface area contributed by atoms with Crippen molar-refractivity contribution in [3.63, 3.8) is 0 Å². The van der Waals surface area contributed by atoms with Crippen LogP contribution >= 0.6 is 0 Å². The zero-order chi connectivity index (χ0) is 6.97. The van der Waals surface area contributed by atoms with Crippen molar-refractivity contribution in [1.82, 2.24) is 4.90 Å². The third kappa shape index (κ3) is 0.944. The summed E-state index contributed by atoms with van der Waals surface area (Å²) < 4.78 is 5.25. The molecule has 0 aliphatic carbocycles. The summed E-state index contributed by atoms with van der Waals surface area (Å²) in [5.74, 6) is 0. The molecule has 0 amide bonds. The Bertz CT molecular complexity index is 127. The summed E-state index contributed by atoms with van der Waals surface area (Å²) in [4.78, 5) is 2.31. The summed E-state index contributed by atoms with van der Waals surface area (Å²) in [5.41, 5.74) is 0. The molecule has 2 aliphatic heterocycles. The molecule has 2 rings (SSSR count). The molecule has 10 heavy (non-hydrogen) atoms. The van der Waals surface area contributed by atoms with Gasteiger partial charge in [-0.3, -0.25) is 4.90 Å². The average molecular weight is 143 g/mol. The van der Waals surface area contributed by atoms with Gasteiger partial charge in [0.2, 0.25) is 0 Å². The van der Waals surface area contributed by atoms with E-state index in [1.807, 2.05) is 0 Å². The van der Waals surface area contributed by atoms with Crippen LogP contribution in [0.5, 0.6) is 0 Å². The first kappa shape index (κ1) is 6.58. The molecular formula is C7H13NO2. The van der Waals surface area contributed by atoms with Crippen molar-refractivity contribution in [2.45, 2.75) is 18.6 Å². The van der Waals surface area contributed by atoms with Gasteiger partial charge in [0, 0.05) is 13.1 Å².